The van der Waals surface area contributed by atoms with Crippen LogP contribution in [0.4, 0.5) is 9.59 Å². The van der Waals surface area contributed by atoms with Gasteiger partial charge in [-0.1, -0.05) is 32.2 Å². The zero-order valence-electron chi connectivity index (χ0n) is 15.3. The van der Waals surface area contributed by atoms with E-state index in [0.29, 0.717) is 0 Å². The van der Waals surface area contributed by atoms with Crippen LogP contribution in [0.3, 0.4) is 0 Å². The maximum atomic E-state index is 13.2. The minimum atomic E-state index is -1.42. The minimum Gasteiger partial charge on any atom is -0.309 e. The first-order valence-corrected chi connectivity index (χ1v) is 8.68. The molecule has 2 heterocycles. The molecule has 26 heavy (non-hydrogen) atoms. The first-order chi connectivity index (χ1) is 12.2. The summed E-state index contributed by atoms with van der Waals surface area (Å²) in [7, 11) is 0. The summed E-state index contributed by atoms with van der Waals surface area (Å²) in [6.45, 7) is 6.00. The molecule has 1 N–H and O–H groups in total. The largest absolute Gasteiger partial charge is 0.444 e. The first kappa shape index (κ1) is 19.7. The van der Waals surface area contributed by atoms with Gasteiger partial charge in [0.2, 0.25) is 18.0 Å². The molecule has 10 heteroatoms. The molecule has 8 amide bonds. The molecule has 0 spiro atoms. The van der Waals surface area contributed by atoms with E-state index in [2.05, 4.69) is 5.32 Å². The quantitative estimate of drug-likeness (QED) is 0.729. The maximum Gasteiger partial charge on any atom is 0.444 e. The van der Waals surface area contributed by atoms with Gasteiger partial charge in [0.05, 0.1) is 12.8 Å². The number of hydrogen-bond donors (Lipinski definition) is 1. The number of urea groups is 2. The summed E-state index contributed by atoms with van der Waals surface area (Å²) >= 11 is 0. The Balaban J connectivity index is 2.78. The van der Waals surface area contributed by atoms with E-state index in [4.69, 9.17) is 0 Å². The van der Waals surface area contributed by atoms with Gasteiger partial charge in [0, 0.05) is 12.8 Å². The Morgan fingerprint density at radius 2 is 1.31 bits per heavy atom. The topological polar surface area (TPSA) is 121 Å². The van der Waals surface area contributed by atoms with Crippen LogP contribution in [0.5, 0.6) is 0 Å². The van der Waals surface area contributed by atoms with Crippen molar-refractivity contribution in [1.29, 1.82) is 0 Å². The van der Waals surface area contributed by atoms with Crippen LogP contribution < -0.4 is 5.32 Å². The average molecular weight is 367 g/mol. The van der Waals surface area contributed by atoms with E-state index in [-0.39, 0.29) is 25.7 Å². The van der Waals surface area contributed by atoms with Gasteiger partial charge in [-0.25, -0.2) is 29.0 Å². The van der Waals surface area contributed by atoms with Gasteiger partial charge in [0.15, 0.2) is 6.17 Å². The van der Waals surface area contributed by atoms with E-state index < -0.39 is 52.5 Å². The van der Waals surface area contributed by atoms with Crippen LogP contribution in [0.1, 0.15) is 53.4 Å². The highest BCUT2D eigenvalue weighted by molar-refractivity contribution is 6.07. The zero-order valence-corrected chi connectivity index (χ0v) is 15.3. The second-order valence-electron chi connectivity index (χ2n) is 6.04. The van der Waals surface area contributed by atoms with Crippen molar-refractivity contribution in [1.82, 2.24) is 15.1 Å². The summed E-state index contributed by atoms with van der Waals surface area (Å²) in [5.41, 5.74) is 0. The Bertz CT molecular complexity index is 673. The van der Waals surface area contributed by atoms with Gasteiger partial charge in [-0.15, -0.1) is 0 Å². The highest BCUT2D eigenvalue weighted by Crippen LogP contribution is 2.38. The van der Waals surface area contributed by atoms with Gasteiger partial charge >= 0.3 is 23.9 Å². The second-order valence-corrected chi connectivity index (χ2v) is 6.04. The Hall–Kier alpha value is -2.62. The second kappa shape index (κ2) is 6.94. The lowest BCUT2D eigenvalue weighted by Gasteiger charge is -2.32. The lowest BCUT2D eigenvalue weighted by molar-refractivity contribution is -0.727. The van der Waals surface area contributed by atoms with Gasteiger partial charge in [-0.2, -0.15) is 0 Å². The average Bonchev–Trinajstić information content (AvgIpc) is 3.09. The number of hydrogen-bond acceptors (Lipinski definition) is 6. The third kappa shape index (κ3) is 2.36. The fourth-order valence-corrected chi connectivity index (χ4v) is 3.53. The summed E-state index contributed by atoms with van der Waals surface area (Å²) in [6.07, 6.45) is -3.13. The molecule has 2 fully saturated rings. The van der Waals surface area contributed by atoms with E-state index in [0.717, 1.165) is 9.80 Å². The molecule has 0 radical (unpaired) electrons. The molecule has 0 aromatic rings. The number of imide groups is 5. The summed E-state index contributed by atoms with van der Waals surface area (Å²) in [6, 6.07) is -1.84. The van der Waals surface area contributed by atoms with Gasteiger partial charge in [-0.3, -0.25) is 9.59 Å². The third-order valence-electron chi connectivity index (χ3n) is 4.75. The fourth-order valence-electron chi connectivity index (χ4n) is 3.53. The number of quaternary nitrogens is 1. The molecule has 0 bridgehead atoms. The maximum absolute atomic E-state index is 13.2. The Morgan fingerprint density at radius 3 is 1.73 bits per heavy atom. The van der Waals surface area contributed by atoms with Crippen LogP contribution in [0.25, 0.3) is 0 Å². The van der Waals surface area contributed by atoms with Crippen molar-refractivity contribution < 1.29 is 33.3 Å². The molecular weight excluding hydrogens is 344 g/mol. The Labute approximate surface area is 150 Å². The van der Waals surface area contributed by atoms with Crippen LogP contribution in [0, 0.1) is 0 Å². The number of rotatable bonds is 4. The van der Waals surface area contributed by atoms with E-state index in [9.17, 15) is 28.8 Å². The molecule has 10 nitrogen and oxygen atoms in total. The van der Waals surface area contributed by atoms with E-state index in [1.807, 2.05) is 0 Å². The van der Waals surface area contributed by atoms with Gasteiger partial charge in [-0.05, 0) is 0 Å². The third-order valence-corrected chi connectivity index (χ3v) is 4.75. The number of nitrogens with one attached hydrogen (secondary N) is 1. The predicted octanol–water partition coefficient (Wildman–Crippen LogP) is 0.663. The van der Waals surface area contributed by atoms with E-state index in [1.54, 1.807) is 0 Å². The minimum absolute atomic E-state index is 0.0623. The summed E-state index contributed by atoms with van der Waals surface area (Å²) in [4.78, 5) is 77.4. The Kier molecular flexibility index (Phi) is 5.26. The standard InChI is InChI=1S/C16H22N4O6/c1-5-9(21)18-13-14(19(10(22)6-2)15(25)17-13)20(16(18)26,11(23)7-3)12(24)8-4/h13-14H,5-8H2,1-4H3/p+1. The van der Waals surface area contributed by atoms with Crippen molar-refractivity contribution in [3.05, 3.63) is 0 Å². The highest BCUT2D eigenvalue weighted by atomic mass is 16.3. The number of carbonyl (C=O) groups excluding carboxylic acids is 6. The van der Waals surface area contributed by atoms with Gasteiger partial charge in [0.25, 0.3) is 0 Å². The zero-order chi connectivity index (χ0) is 19.8. The van der Waals surface area contributed by atoms with Crippen molar-refractivity contribution in [3.63, 3.8) is 0 Å². The SMILES string of the molecule is CCC(=O)N1C(=O)[N+](C(=O)CC)(C(=O)CC)C2C1NC(=O)N2C(=O)CC. The van der Waals surface area contributed by atoms with Crippen molar-refractivity contribution in [2.75, 3.05) is 0 Å². The lowest BCUT2D eigenvalue weighted by Crippen LogP contribution is -2.68. The monoisotopic (exact) mass is 367 g/mol. The van der Waals surface area contributed by atoms with Crippen molar-refractivity contribution >= 4 is 35.7 Å². The fraction of sp³-hybridized carbons (Fsp3) is 0.625. The van der Waals surface area contributed by atoms with E-state index >= 15 is 0 Å². The van der Waals surface area contributed by atoms with Crippen LogP contribution in [0.15, 0.2) is 0 Å². The molecule has 2 aliphatic rings. The normalized spacial score (nSPS) is 23.7. The predicted molar refractivity (Wildman–Crippen MR) is 86.6 cm³/mol. The molecule has 142 valence electrons. The molecule has 0 aromatic carbocycles. The molecular formula is C16H23N4O6+. The number of fused-ring (bicyclic) bond motifs is 1. The summed E-state index contributed by atoms with van der Waals surface area (Å²) < 4.78 is -1.35. The van der Waals surface area contributed by atoms with Crippen molar-refractivity contribution in [2.24, 2.45) is 0 Å². The van der Waals surface area contributed by atoms with Crippen LogP contribution in [-0.2, 0) is 19.2 Å². The summed E-state index contributed by atoms with van der Waals surface area (Å²) in [5.74, 6) is -2.78. The lowest BCUT2D eigenvalue weighted by atomic mass is 10.2. The highest BCUT2D eigenvalue weighted by Gasteiger charge is 2.75. The molecule has 2 atom stereocenters. The molecule has 2 aliphatic heterocycles. The number of amides is 8. The molecule has 0 saturated carbocycles. The summed E-state index contributed by atoms with van der Waals surface area (Å²) in [5, 5.41) is 2.42. The van der Waals surface area contributed by atoms with Gasteiger partial charge in [0.1, 0.15) is 0 Å². The number of nitrogens with zero attached hydrogens (tertiary/aromatic N) is 3. The first-order valence-electron chi connectivity index (χ1n) is 8.68. The molecule has 2 saturated heterocycles. The van der Waals surface area contributed by atoms with Gasteiger partial charge < -0.3 is 5.32 Å². The molecule has 0 aliphatic carbocycles. The van der Waals surface area contributed by atoms with Crippen molar-refractivity contribution in [2.45, 2.75) is 65.7 Å². The van der Waals surface area contributed by atoms with Crippen LogP contribution in [-0.4, -0.2) is 62.3 Å². The smallest absolute Gasteiger partial charge is 0.309 e. The Morgan fingerprint density at radius 1 is 0.846 bits per heavy atom. The van der Waals surface area contributed by atoms with E-state index in [1.165, 1.54) is 27.7 Å². The number of carbonyl (C=O) groups is 6. The molecule has 0 aromatic heterocycles. The van der Waals surface area contributed by atoms with Crippen molar-refractivity contribution in [3.8, 4) is 0 Å². The van der Waals surface area contributed by atoms with Crippen LogP contribution >= 0.6 is 0 Å². The molecule has 2 unspecified atom stereocenters. The molecule has 2 rings (SSSR count). The van der Waals surface area contributed by atoms with Crippen LogP contribution in [0.2, 0.25) is 0 Å².